The molecule has 0 saturated carbocycles. The molecule has 0 amide bonds. The van der Waals surface area contributed by atoms with Crippen molar-refractivity contribution in [1.82, 2.24) is 15.0 Å². The molecule has 0 aliphatic rings. The molecule has 2 aromatic heterocycles. The summed E-state index contributed by atoms with van der Waals surface area (Å²) in [6, 6.07) is 8.24. The Kier molecular flexibility index (Phi) is 3.68. The van der Waals surface area contributed by atoms with Gasteiger partial charge in [-0.2, -0.15) is 0 Å². The van der Waals surface area contributed by atoms with Gasteiger partial charge in [0.1, 0.15) is 6.33 Å². The summed E-state index contributed by atoms with van der Waals surface area (Å²) in [6.07, 6.45) is 2.71. The fourth-order valence-electron chi connectivity index (χ4n) is 1.73. The molecule has 104 valence electrons. The average Bonchev–Trinajstić information content (AvgIpc) is 2.49. The van der Waals surface area contributed by atoms with Gasteiger partial charge in [-0.3, -0.25) is 0 Å². The van der Waals surface area contributed by atoms with E-state index >= 15 is 0 Å². The van der Waals surface area contributed by atoms with E-state index in [4.69, 9.17) is 27.9 Å². The van der Waals surface area contributed by atoms with Gasteiger partial charge in [0.25, 0.3) is 0 Å². The number of pyridine rings is 1. The Labute approximate surface area is 129 Å². The zero-order valence-electron chi connectivity index (χ0n) is 10.5. The highest BCUT2D eigenvalue weighted by molar-refractivity contribution is 6.32. The van der Waals surface area contributed by atoms with E-state index in [1.54, 1.807) is 24.3 Å². The summed E-state index contributed by atoms with van der Waals surface area (Å²) >= 11 is 11.9. The lowest BCUT2D eigenvalue weighted by Gasteiger charge is -2.07. The highest BCUT2D eigenvalue weighted by atomic mass is 35.5. The van der Waals surface area contributed by atoms with Gasteiger partial charge in [-0.25, -0.2) is 19.7 Å². The highest BCUT2D eigenvalue weighted by Gasteiger charge is 2.14. The smallest absolute Gasteiger partial charge is 0.362 e. The molecule has 0 atom stereocenters. The third kappa shape index (κ3) is 2.94. The summed E-state index contributed by atoms with van der Waals surface area (Å²) in [7, 11) is 0. The van der Waals surface area contributed by atoms with Crippen molar-refractivity contribution < 1.29 is 9.53 Å². The minimum Gasteiger partial charge on any atom is -0.418 e. The largest absolute Gasteiger partial charge is 0.418 e. The predicted molar refractivity (Wildman–Crippen MR) is 78.8 cm³/mol. The summed E-state index contributed by atoms with van der Waals surface area (Å²) < 4.78 is 5.21. The third-order valence-corrected chi connectivity index (χ3v) is 3.20. The summed E-state index contributed by atoms with van der Waals surface area (Å²) in [4.78, 5) is 23.6. The average molecular weight is 320 g/mol. The van der Waals surface area contributed by atoms with Crippen molar-refractivity contribution in [2.45, 2.75) is 0 Å². The van der Waals surface area contributed by atoms with Crippen molar-refractivity contribution in [1.29, 1.82) is 0 Å². The highest BCUT2D eigenvalue weighted by Crippen LogP contribution is 2.28. The Hall–Kier alpha value is -2.24. The molecule has 0 fully saturated rings. The maximum Gasteiger partial charge on any atom is 0.362 e. The monoisotopic (exact) mass is 319 g/mol. The van der Waals surface area contributed by atoms with E-state index in [0.717, 1.165) is 5.39 Å². The second-order valence-electron chi connectivity index (χ2n) is 4.10. The first-order valence-corrected chi connectivity index (χ1v) is 6.63. The van der Waals surface area contributed by atoms with E-state index in [0.29, 0.717) is 10.5 Å². The molecule has 0 bridgehead atoms. The Morgan fingerprint density at radius 1 is 1.14 bits per heavy atom. The van der Waals surface area contributed by atoms with Crippen LogP contribution in [0.4, 0.5) is 0 Å². The van der Waals surface area contributed by atoms with Gasteiger partial charge in [0.15, 0.2) is 16.6 Å². The number of carbonyl (C=O) groups excluding carboxylic acids is 1. The molecule has 21 heavy (non-hydrogen) atoms. The van der Waals surface area contributed by atoms with Crippen molar-refractivity contribution in [2.24, 2.45) is 0 Å². The number of hydrogen-bond donors (Lipinski definition) is 0. The molecule has 5 nitrogen and oxygen atoms in total. The number of nitrogens with zero attached hydrogens (tertiary/aromatic N) is 3. The van der Waals surface area contributed by atoms with Gasteiger partial charge in [-0.15, -0.1) is 0 Å². The molecule has 0 unspecified atom stereocenters. The number of rotatable bonds is 2. The van der Waals surface area contributed by atoms with Crippen molar-refractivity contribution in [3.8, 4) is 5.75 Å². The first-order valence-electron chi connectivity index (χ1n) is 5.87. The second-order valence-corrected chi connectivity index (χ2v) is 4.89. The Morgan fingerprint density at radius 3 is 2.76 bits per heavy atom. The normalized spacial score (nSPS) is 10.6. The van der Waals surface area contributed by atoms with E-state index in [2.05, 4.69) is 15.0 Å². The zero-order valence-corrected chi connectivity index (χ0v) is 12.0. The third-order valence-electron chi connectivity index (χ3n) is 2.69. The topological polar surface area (TPSA) is 65.0 Å². The molecule has 0 N–H and O–H groups in total. The predicted octanol–water partition coefficient (Wildman–Crippen LogP) is 3.55. The van der Waals surface area contributed by atoms with E-state index in [9.17, 15) is 4.79 Å². The van der Waals surface area contributed by atoms with Crippen LogP contribution in [0.2, 0.25) is 10.2 Å². The minimum absolute atomic E-state index is 0.0761. The summed E-state index contributed by atoms with van der Waals surface area (Å²) in [5.74, 6) is -0.468. The summed E-state index contributed by atoms with van der Waals surface area (Å²) in [6.45, 7) is 0. The van der Waals surface area contributed by atoms with E-state index in [1.165, 1.54) is 18.6 Å². The SMILES string of the molecule is O=C(Oc1cc2ccc(Cl)cc2nc1Cl)c1ccncn1. The minimum atomic E-state index is -0.630. The molecule has 0 aliphatic heterocycles. The number of fused-ring (bicyclic) bond motifs is 1. The Morgan fingerprint density at radius 2 is 2.00 bits per heavy atom. The number of carbonyl (C=O) groups is 1. The fraction of sp³-hybridized carbons (Fsp3) is 0. The van der Waals surface area contributed by atoms with Crippen LogP contribution < -0.4 is 4.74 Å². The first kappa shape index (κ1) is 13.7. The van der Waals surface area contributed by atoms with Crippen molar-refractivity contribution in [3.05, 3.63) is 58.7 Å². The van der Waals surface area contributed by atoms with Gasteiger partial charge in [0.05, 0.1) is 5.52 Å². The molecular formula is C14H7Cl2N3O2. The van der Waals surface area contributed by atoms with E-state index < -0.39 is 5.97 Å². The van der Waals surface area contributed by atoms with Crippen LogP contribution in [0.3, 0.4) is 0 Å². The van der Waals surface area contributed by atoms with Crippen LogP contribution in [0, 0.1) is 0 Å². The van der Waals surface area contributed by atoms with Crippen LogP contribution in [0.5, 0.6) is 5.75 Å². The lowest BCUT2D eigenvalue weighted by atomic mass is 10.2. The second kappa shape index (κ2) is 5.63. The van der Waals surface area contributed by atoms with Crippen molar-refractivity contribution >= 4 is 40.1 Å². The number of halogens is 2. The van der Waals surface area contributed by atoms with Gasteiger partial charge in [-0.1, -0.05) is 29.3 Å². The zero-order chi connectivity index (χ0) is 14.8. The van der Waals surface area contributed by atoms with Crippen LogP contribution in [-0.4, -0.2) is 20.9 Å². The molecule has 1 aromatic carbocycles. The fourth-order valence-corrected chi connectivity index (χ4v) is 2.08. The standard InChI is InChI=1S/C14H7Cl2N3O2/c15-9-2-1-8-5-12(13(16)19-11(8)6-9)21-14(20)10-3-4-17-7-18-10/h1-7H. The van der Waals surface area contributed by atoms with Gasteiger partial charge < -0.3 is 4.74 Å². The number of hydrogen-bond acceptors (Lipinski definition) is 5. The number of aromatic nitrogens is 3. The molecule has 0 aliphatic carbocycles. The Balaban J connectivity index is 1.95. The molecule has 0 radical (unpaired) electrons. The lowest BCUT2D eigenvalue weighted by molar-refractivity contribution is 0.0728. The van der Waals surface area contributed by atoms with Crippen molar-refractivity contribution in [3.63, 3.8) is 0 Å². The quantitative estimate of drug-likeness (QED) is 0.534. The molecule has 2 heterocycles. The van der Waals surface area contributed by atoms with Gasteiger partial charge >= 0.3 is 5.97 Å². The molecule has 7 heteroatoms. The summed E-state index contributed by atoms with van der Waals surface area (Å²) in [5, 5.41) is 1.39. The van der Waals surface area contributed by atoms with E-state index in [1.807, 2.05) is 0 Å². The van der Waals surface area contributed by atoms with Crippen LogP contribution in [0.15, 0.2) is 42.9 Å². The van der Waals surface area contributed by atoms with Crippen LogP contribution >= 0.6 is 23.2 Å². The number of benzene rings is 1. The molecule has 3 aromatic rings. The molecule has 3 rings (SSSR count). The molecule has 0 saturated heterocycles. The first-order chi connectivity index (χ1) is 10.1. The maximum atomic E-state index is 11.9. The number of ether oxygens (including phenoxy) is 1. The van der Waals surface area contributed by atoms with Gasteiger partial charge in [-0.05, 0) is 24.3 Å². The van der Waals surface area contributed by atoms with Gasteiger partial charge in [0.2, 0.25) is 0 Å². The van der Waals surface area contributed by atoms with Crippen molar-refractivity contribution in [2.75, 3.05) is 0 Å². The van der Waals surface area contributed by atoms with Crippen LogP contribution in [-0.2, 0) is 0 Å². The molecule has 0 spiro atoms. The number of esters is 1. The van der Waals surface area contributed by atoms with Crippen LogP contribution in [0.25, 0.3) is 10.9 Å². The summed E-state index contributed by atoms with van der Waals surface area (Å²) in [5.41, 5.74) is 0.756. The Bertz CT molecular complexity index is 825. The lowest BCUT2D eigenvalue weighted by Crippen LogP contribution is -2.11. The maximum absolute atomic E-state index is 11.9. The van der Waals surface area contributed by atoms with Crippen LogP contribution in [0.1, 0.15) is 10.5 Å². The molecular weight excluding hydrogens is 313 g/mol. The van der Waals surface area contributed by atoms with E-state index in [-0.39, 0.29) is 16.6 Å². The van der Waals surface area contributed by atoms with Gasteiger partial charge in [0, 0.05) is 16.6 Å².